The minimum atomic E-state index is -0.797. The van der Waals surface area contributed by atoms with Gasteiger partial charge in [-0.05, 0) is 30.4 Å². The molecule has 2 aliphatic rings. The zero-order valence-electron chi connectivity index (χ0n) is 19.1. The average molecular weight is 463 g/mol. The fourth-order valence-corrected chi connectivity index (χ4v) is 4.80. The van der Waals surface area contributed by atoms with E-state index in [1.54, 1.807) is 19.1 Å². The number of non-ortho nitro benzene ring substituents is 1. The maximum Gasteiger partial charge on any atom is 0.315 e. The van der Waals surface area contributed by atoms with Gasteiger partial charge in [-0.1, -0.05) is 42.5 Å². The Hall–Kier alpha value is -3.65. The minimum Gasteiger partial charge on any atom is -0.463 e. The van der Waals surface area contributed by atoms with Gasteiger partial charge >= 0.3 is 5.97 Å². The van der Waals surface area contributed by atoms with Crippen LogP contribution in [-0.4, -0.2) is 42.7 Å². The maximum absolute atomic E-state index is 13.5. The van der Waals surface area contributed by atoms with E-state index in [1.165, 1.54) is 19.2 Å². The molecule has 4 rings (SSSR count). The van der Waals surface area contributed by atoms with Crippen LogP contribution in [0.3, 0.4) is 0 Å². The summed E-state index contributed by atoms with van der Waals surface area (Å²) < 4.78 is 10.4. The lowest BCUT2D eigenvalue weighted by atomic mass is 9.69. The summed E-state index contributed by atoms with van der Waals surface area (Å²) in [6.07, 6.45) is 0.893. The Morgan fingerprint density at radius 3 is 2.41 bits per heavy atom. The first kappa shape index (κ1) is 23.5. The van der Waals surface area contributed by atoms with Crippen molar-refractivity contribution < 1.29 is 24.0 Å². The number of esters is 1. The van der Waals surface area contributed by atoms with Crippen LogP contribution in [-0.2, 0) is 19.1 Å². The van der Waals surface area contributed by atoms with Crippen LogP contribution in [0.5, 0.6) is 0 Å². The molecule has 0 spiro atoms. The summed E-state index contributed by atoms with van der Waals surface area (Å²) in [5.74, 6) is -1.97. The number of carbonyl (C=O) groups excluding carboxylic acids is 2. The van der Waals surface area contributed by atoms with Gasteiger partial charge in [0.05, 0.1) is 11.5 Å². The number of allylic oxidation sites excluding steroid dienone is 2. The second-order valence-corrected chi connectivity index (χ2v) is 8.52. The third-order valence-electron chi connectivity index (χ3n) is 6.41. The van der Waals surface area contributed by atoms with Crippen LogP contribution < -0.4 is 0 Å². The molecule has 8 heteroatoms. The monoisotopic (exact) mass is 462 g/mol. The van der Waals surface area contributed by atoms with E-state index >= 15 is 0 Å². The molecular formula is C26H26N2O6. The van der Waals surface area contributed by atoms with E-state index < -0.39 is 22.7 Å². The molecule has 1 aliphatic carbocycles. The number of nitro groups is 1. The number of nitrogens with zero attached hydrogens (tertiary/aromatic N) is 2. The summed E-state index contributed by atoms with van der Waals surface area (Å²) in [5, 5.41) is 11.1. The number of hydrogen-bond acceptors (Lipinski definition) is 7. The third-order valence-corrected chi connectivity index (χ3v) is 6.41. The first-order valence-electron chi connectivity index (χ1n) is 11.2. The Labute approximate surface area is 197 Å². The molecule has 0 saturated carbocycles. The quantitative estimate of drug-likeness (QED) is 0.262. The fourth-order valence-electron chi connectivity index (χ4n) is 4.80. The minimum absolute atomic E-state index is 0.00622. The molecule has 2 aromatic rings. The zero-order chi connectivity index (χ0) is 24.2. The van der Waals surface area contributed by atoms with Crippen molar-refractivity contribution in [1.82, 2.24) is 0 Å². The van der Waals surface area contributed by atoms with Crippen LogP contribution in [0.1, 0.15) is 42.7 Å². The fraction of sp³-hybridized carbons (Fsp3) is 0.346. The maximum atomic E-state index is 13.5. The lowest BCUT2D eigenvalue weighted by Gasteiger charge is -2.36. The average Bonchev–Trinajstić information content (AvgIpc) is 2.83. The molecule has 0 bridgehead atoms. The van der Waals surface area contributed by atoms with Gasteiger partial charge in [-0.3, -0.25) is 24.7 Å². The highest BCUT2D eigenvalue weighted by molar-refractivity contribution is 6.09. The standard InChI is InChI=1S/C26H26N2O6/c1-16-23(26(30)34-13-12-33-2)24(18-8-10-20(11-9-18)28(31)32)25-21(27-16)14-19(15-22(25)29)17-6-4-3-5-7-17/h3-11,19,23-24H,12-15H2,1-2H3/t19-,23?,24+/m1/s1. The molecule has 0 N–H and O–H groups in total. The van der Waals surface area contributed by atoms with Gasteiger partial charge in [-0.15, -0.1) is 0 Å². The van der Waals surface area contributed by atoms with E-state index in [0.717, 1.165) is 5.56 Å². The van der Waals surface area contributed by atoms with E-state index in [0.29, 0.717) is 35.4 Å². The predicted molar refractivity (Wildman–Crippen MR) is 126 cm³/mol. The van der Waals surface area contributed by atoms with Gasteiger partial charge in [-0.2, -0.15) is 0 Å². The van der Waals surface area contributed by atoms with Crippen molar-refractivity contribution in [2.75, 3.05) is 20.3 Å². The van der Waals surface area contributed by atoms with Gasteiger partial charge in [0.15, 0.2) is 5.78 Å². The van der Waals surface area contributed by atoms with Gasteiger partial charge in [0.1, 0.15) is 12.5 Å². The first-order valence-corrected chi connectivity index (χ1v) is 11.2. The molecule has 8 nitrogen and oxygen atoms in total. The number of ether oxygens (including phenoxy) is 2. The number of methoxy groups -OCH3 is 1. The summed E-state index contributed by atoms with van der Waals surface area (Å²) in [6.45, 7) is 2.10. The Morgan fingerprint density at radius 2 is 1.76 bits per heavy atom. The molecule has 0 aromatic heterocycles. The van der Waals surface area contributed by atoms with Gasteiger partial charge in [0.25, 0.3) is 5.69 Å². The topological polar surface area (TPSA) is 108 Å². The number of nitro benzene ring substituents is 1. The normalized spacial score (nSPS) is 22.1. The van der Waals surface area contributed by atoms with Crippen molar-refractivity contribution in [2.24, 2.45) is 10.9 Å². The largest absolute Gasteiger partial charge is 0.463 e. The lowest BCUT2D eigenvalue weighted by Crippen LogP contribution is -2.38. The zero-order valence-corrected chi connectivity index (χ0v) is 19.1. The van der Waals surface area contributed by atoms with Crippen LogP contribution in [0.25, 0.3) is 0 Å². The van der Waals surface area contributed by atoms with Crippen LogP contribution in [0, 0.1) is 16.0 Å². The van der Waals surface area contributed by atoms with Crippen LogP contribution in [0.2, 0.25) is 0 Å². The second kappa shape index (κ2) is 10.1. The molecule has 2 aromatic carbocycles. The molecule has 34 heavy (non-hydrogen) atoms. The third kappa shape index (κ3) is 4.68. The number of ketones is 1. The van der Waals surface area contributed by atoms with Crippen molar-refractivity contribution in [3.63, 3.8) is 0 Å². The van der Waals surface area contributed by atoms with E-state index in [4.69, 9.17) is 14.5 Å². The Balaban J connectivity index is 1.75. The number of benzene rings is 2. The number of aliphatic imine (C=N–C) groups is 1. The van der Waals surface area contributed by atoms with Gasteiger partial charge < -0.3 is 9.47 Å². The molecular weight excluding hydrogens is 436 g/mol. The molecule has 1 unspecified atom stereocenters. The van der Waals surface area contributed by atoms with Crippen molar-refractivity contribution in [3.05, 3.63) is 87.1 Å². The smallest absolute Gasteiger partial charge is 0.315 e. The summed E-state index contributed by atoms with van der Waals surface area (Å²) in [7, 11) is 1.52. The summed E-state index contributed by atoms with van der Waals surface area (Å²) >= 11 is 0. The summed E-state index contributed by atoms with van der Waals surface area (Å²) in [4.78, 5) is 42.0. The Morgan fingerprint density at radius 1 is 1.06 bits per heavy atom. The molecule has 176 valence electrons. The summed E-state index contributed by atoms with van der Waals surface area (Å²) in [5.41, 5.74) is 3.39. The van der Waals surface area contributed by atoms with E-state index in [9.17, 15) is 19.7 Å². The van der Waals surface area contributed by atoms with Crippen LogP contribution >= 0.6 is 0 Å². The molecule has 3 atom stereocenters. The number of hydrogen-bond donors (Lipinski definition) is 0. The second-order valence-electron chi connectivity index (χ2n) is 8.52. The predicted octanol–water partition coefficient (Wildman–Crippen LogP) is 4.36. The molecule has 0 amide bonds. The highest BCUT2D eigenvalue weighted by atomic mass is 16.6. The Bertz CT molecular complexity index is 1150. The summed E-state index contributed by atoms with van der Waals surface area (Å²) in [6, 6.07) is 15.9. The molecule has 0 fully saturated rings. The van der Waals surface area contributed by atoms with Gasteiger partial charge in [0.2, 0.25) is 0 Å². The lowest BCUT2D eigenvalue weighted by molar-refractivity contribution is -0.384. The van der Waals surface area contributed by atoms with Crippen molar-refractivity contribution in [3.8, 4) is 0 Å². The highest BCUT2D eigenvalue weighted by Gasteiger charge is 2.44. The van der Waals surface area contributed by atoms with Crippen molar-refractivity contribution in [1.29, 1.82) is 0 Å². The van der Waals surface area contributed by atoms with E-state index in [2.05, 4.69) is 0 Å². The highest BCUT2D eigenvalue weighted by Crippen LogP contribution is 2.47. The SMILES string of the molecule is COCCOC(=O)C1C(C)=NC2=C(C(=O)C[C@H](c3ccccc3)C2)[C@H]1c1ccc([N+](=O)[O-])cc1. The van der Waals surface area contributed by atoms with Crippen molar-refractivity contribution >= 4 is 23.2 Å². The number of rotatable bonds is 7. The first-order chi connectivity index (χ1) is 16.4. The van der Waals surface area contributed by atoms with E-state index in [-0.39, 0.29) is 30.6 Å². The van der Waals surface area contributed by atoms with E-state index in [1.807, 2.05) is 30.3 Å². The Kier molecular flexibility index (Phi) is 6.98. The van der Waals surface area contributed by atoms with Crippen LogP contribution in [0.4, 0.5) is 5.69 Å². The molecule has 0 saturated heterocycles. The van der Waals surface area contributed by atoms with Crippen LogP contribution in [0.15, 0.2) is 70.9 Å². The molecule has 1 heterocycles. The van der Waals surface area contributed by atoms with Gasteiger partial charge in [0, 0.05) is 48.6 Å². The molecule has 0 radical (unpaired) electrons. The number of Topliss-reactive ketones (excluding diaryl/α,β-unsaturated/α-hetero) is 1. The van der Waals surface area contributed by atoms with Gasteiger partial charge in [-0.25, -0.2) is 0 Å². The van der Waals surface area contributed by atoms with Crippen molar-refractivity contribution in [2.45, 2.75) is 31.6 Å². The molecule has 1 aliphatic heterocycles. The number of carbonyl (C=O) groups is 2.